The SMILES string of the molecule is N#C/C(=C/c1ccco1)C(=O)Nc1nc(-c2ccccc2)cs1. The number of rotatable bonds is 4. The summed E-state index contributed by atoms with van der Waals surface area (Å²) >= 11 is 1.31. The van der Waals surface area contributed by atoms with Crippen LogP contribution in [0.5, 0.6) is 0 Å². The number of carbonyl (C=O) groups is 1. The molecule has 0 atom stereocenters. The van der Waals surface area contributed by atoms with Gasteiger partial charge in [0, 0.05) is 17.0 Å². The molecule has 0 spiro atoms. The van der Waals surface area contributed by atoms with Crippen molar-refractivity contribution in [2.24, 2.45) is 0 Å². The van der Waals surface area contributed by atoms with Crippen LogP contribution in [0, 0.1) is 11.3 Å². The monoisotopic (exact) mass is 321 g/mol. The van der Waals surface area contributed by atoms with Crippen molar-refractivity contribution in [3.05, 3.63) is 65.4 Å². The summed E-state index contributed by atoms with van der Waals surface area (Å²) in [6, 6.07) is 14.9. The lowest BCUT2D eigenvalue weighted by molar-refractivity contribution is -0.112. The predicted molar refractivity (Wildman–Crippen MR) is 88.5 cm³/mol. The number of aromatic nitrogens is 1. The van der Waals surface area contributed by atoms with Gasteiger partial charge >= 0.3 is 0 Å². The summed E-state index contributed by atoms with van der Waals surface area (Å²) in [5.41, 5.74) is 1.70. The van der Waals surface area contributed by atoms with Crippen molar-refractivity contribution in [1.82, 2.24) is 4.98 Å². The smallest absolute Gasteiger partial charge is 0.268 e. The Hall–Kier alpha value is -3.17. The number of carbonyl (C=O) groups excluding carboxylic acids is 1. The lowest BCUT2D eigenvalue weighted by Gasteiger charge is -1.99. The highest BCUT2D eigenvalue weighted by Crippen LogP contribution is 2.25. The lowest BCUT2D eigenvalue weighted by atomic mass is 10.2. The van der Waals surface area contributed by atoms with Crippen LogP contribution < -0.4 is 5.32 Å². The van der Waals surface area contributed by atoms with Gasteiger partial charge in [0.15, 0.2) is 5.13 Å². The van der Waals surface area contributed by atoms with Gasteiger partial charge in [-0.1, -0.05) is 30.3 Å². The first-order valence-corrected chi connectivity index (χ1v) is 7.62. The van der Waals surface area contributed by atoms with Crippen LogP contribution in [-0.4, -0.2) is 10.9 Å². The summed E-state index contributed by atoms with van der Waals surface area (Å²) in [7, 11) is 0. The van der Waals surface area contributed by atoms with E-state index in [-0.39, 0.29) is 5.57 Å². The average molecular weight is 321 g/mol. The van der Waals surface area contributed by atoms with Gasteiger partial charge in [0.1, 0.15) is 17.4 Å². The Kier molecular flexibility index (Phi) is 4.32. The van der Waals surface area contributed by atoms with Crippen LogP contribution in [0.1, 0.15) is 5.76 Å². The van der Waals surface area contributed by atoms with E-state index in [0.29, 0.717) is 10.9 Å². The van der Waals surface area contributed by atoms with Crippen molar-refractivity contribution >= 4 is 28.5 Å². The number of thiazole rings is 1. The first kappa shape index (κ1) is 14.8. The van der Waals surface area contributed by atoms with Gasteiger partial charge in [0.25, 0.3) is 5.91 Å². The van der Waals surface area contributed by atoms with Crippen LogP contribution in [0.4, 0.5) is 5.13 Å². The molecule has 0 unspecified atom stereocenters. The van der Waals surface area contributed by atoms with Gasteiger partial charge in [0.05, 0.1) is 12.0 Å². The number of nitriles is 1. The second kappa shape index (κ2) is 6.73. The van der Waals surface area contributed by atoms with Gasteiger partial charge in [-0.15, -0.1) is 11.3 Å². The molecule has 0 saturated carbocycles. The highest BCUT2D eigenvalue weighted by atomic mass is 32.1. The van der Waals surface area contributed by atoms with E-state index in [0.717, 1.165) is 11.3 Å². The Morgan fingerprint density at radius 2 is 2.09 bits per heavy atom. The van der Waals surface area contributed by atoms with Crippen molar-refractivity contribution in [3.8, 4) is 17.3 Å². The molecule has 5 nitrogen and oxygen atoms in total. The fourth-order valence-electron chi connectivity index (χ4n) is 1.90. The minimum Gasteiger partial charge on any atom is -0.465 e. The average Bonchev–Trinajstić information content (AvgIpc) is 3.25. The molecule has 1 N–H and O–H groups in total. The normalized spacial score (nSPS) is 11.0. The molecule has 1 aromatic carbocycles. The number of nitrogens with zero attached hydrogens (tertiary/aromatic N) is 2. The van der Waals surface area contributed by atoms with Gasteiger partial charge in [-0.05, 0) is 12.1 Å². The fraction of sp³-hybridized carbons (Fsp3) is 0. The maximum atomic E-state index is 12.1. The molecule has 2 heterocycles. The van der Waals surface area contributed by atoms with Crippen molar-refractivity contribution in [2.45, 2.75) is 0 Å². The van der Waals surface area contributed by atoms with Gasteiger partial charge in [0.2, 0.25) is 0 Å². The van der Waals surface area contributed by atoms with Crippen LogP contribution >= 0.6 is 11.3 Å². The summed E-state index contributed by atoms with van der Waals surface area (Å²) in [6.07, 6.45) is 2.87. The number of hydrogen-bond acceptors (Lipinski definition) is 5. The second-order valence-electron chi connectivity index (χ2n) is 4.54. The molecule has 3 aromatic rings. The van der Waals surface area contributed by atoms with Crippen LogP contribution in [0.15, 0.2) is 64.1 Å². The summed E-state index contributed by atoms with van der Waals surface area (Å²) in [4.78, 5) is 16.5. The summed E-state index contributed by atoms with van der Waals surface area (Å²) in [5, 5.41) is 14.0. The summed E-state index contributed by atoms with van der Waals surface area (Å²) < 4.78 is 5.11. The largest absolute Gasteiger partial charge is 0.465 e. The van der Waals surface area contributed by atoms with E-state index >= 15 is 0 Å². The van der Waals surface area contributed by atoms with E-state index in [1.165, 1.54) is 23.7 Å². The summed E-state index contributed by atoms with van der Waals surface area (Å²) in [6.45, 7) is 0. The van der Waals surface area contributed by atoms with Crippen LogP contribution in [0.3, 0.4) is 0 Å². The Morgan fingerprint density at radius 3 is 2.78 bits per heavy atom. The first-order valence-electron chi connectivity index (χ1n) is 6.74. The molecule has 0 radical (unpaired) electrons. The van der Waals surface area contributed by atoms with Crippen LogP contribution in [-0.2, 0) is 4.79 Å². The topological polar surface area (TPSA) is 78.9 Å². The third-order valence-electron chi connectivity index (χ3n) is 2.99. The Bertz CT molecular complexity index is 874. The van der Waals surface area contributed by atoms with E-state index in [2.05, 4.69) is 10.3 Å². The zero-order valence-electron chi connectivity index (χ0n) is 11.9. The predicted octanol–water partition coefficient (Wildman–Crippen LogP) is 3.95. The molecule has 112 valence electrons. The van der Waals surface area contributed by atoms with Gasteiger partial charge in [-0.3, -0.25) is 10.1 Å². The molecule has 2 aromatic heterocycles. The number of anilines is 1. The van der Waals surface area contributed by atoms with Gasteiger partial charge in [-0.2, -0.15) is 5.26 Å². The second-order valence-corrected chi connectivity index (χ2v) is 5.40. The molecule has 23 heavy (non-hydrogen) atoms. The standard InChI is InChI=1S/C17H11N3O2S/c18-10-13(9-14-7-4-8-22-14)16(21)20-17-19-15(11-23-17)12-5-2-1-3-6-12/h1-9,11H,(H,19,20,21)/b13-9-. The third-order valence-corrected chi connectivity index (χ3v) is 3.75. The lowest BCUT2D eigenvalue weighted by Crippen LogP contribution is -2.13. The zero-order valence-corrected chi connectivity index (χ0v) is 12.7. The maximum Gasteiger partial charge on any atom is 0.268 e. The first-order chi connectivity index (χ1) is 11.3. The molecule has 0 saturated heterocycles. The van der Waals surface area contributed by atoms with Crippen LogP contribution in [0.25, 0.3) is 17.3 Å². The number of furan rings is 1. The molecule has 0 bridgehead atoms. The minimum atomic E-state index is -0.516. The van der Waals surface area contributed by atoms with Crippen LogP contribution in [0.2, 0.25) is 0 Å². The molecular formula is C17H11N3O2S. The quantitative estimate of drug-likeness (QED) is 0.583. The van der Waals surface area contributed by atoms with Gasteiger partial charge < -0.3 is 4.42 Å². The van der Waals surface area contributed by atoms with E-state index in [9.17, 15) is 4.79 Å². The van der Waals surface area contributed by atoms with E-state index in [1.54, 1.807) is 12.1 Å². The number of hydrogen-bond donors (Lipinski definition) is 1. The maximum absolute atomic E-state index is 12.1. The Balaban J connectivity index is 1.76. The summed E-state index contributed by atoms with van der Waals surface area (Å²) in [5.74, 6) is -0.0707. The minimum absolute atomic E-state index is 0.0450. The number of amides is 1. The van der Waals surface area contributed by atoms with Crippen molar-refractivity contribution in [3.63, 3.8) is 0 Å². The van der Waals surface area contributed by atoms with Crippen molar-refractivity contribution < 1.29 is 9.21 Å². The van der Waals surface area contributed by atoms with Gasteiger partial charge in [-0.25, -0.2) is 4.98 Å². The Morgan fingerprint density at radius 1 is 1.26 bits per heavy atom. The van der Waals surface area contributed by atoms with Crippen molar-refractivity contribution in [2.75, 3.05) is 5.32 Å². The Labute approximate surface area is 136 Å². The number of nitrogens with one attached hydrogen (secondary N) is 1. The van der Waals surface area contributed by atoms with Crippen molar-refractivity contribution in [1.29, 1.82) is 5.26 Å². The molecule has 0 aliphatic heterocycles. The number of benzene rings is 1. The zero-order chi connectivity index (χ0) is 16.1. The molecular weight excluding hydrogens is 310 g/mol. The highest BCUT2D eigenvalue weighted by Gasteiger charge is 2.13. The van der Waals surface area contributed by atoms with E-state index < -0.39 is 5.91 Å². The molecule has 6 heteroatoms. The molecule has 0 aliphatic rings. The fourth-order valence-corrected chi connectivity index (χ4v) is 2.62. The van der Waals surface area contributed by atoms with E-state index in [4.69, 9.17) is 9.68 Å². The molecule has 1 amide bonds. The molecule has 0 aliphatic carbocycles. The highest BCUT2D eigenvalue weighted by molar-refractivity contribution is 7.14. The van der Waals surface area contributed by atoms with E-state index in [1.807, 2.05) is 41.8 Å². The molecule has 0 fully saturated rings. The third kappa shape index (κ3) is 3.54. The molecule has 3 rings (SSSR count).